The lowest BCUT2D eigenvalue weighted by atomic mass is 10.1. The first kappa shape index (κ1) is 22.1. The fraction of sp³-hybridized carbons (Fsp3) is 0.381. The number of ether oxygens (including phenoxy) is 1. The molecule has 2 atom stereocenters. The van der Waals surface area contributed by atoms with E-state index >= 15 is 0 Å². The molecule has 0 aromatic heterocycles. The SMILES string of the molecule is COc1ccc(CCN(Cc2ccccc2F)C(=O)[C@@H]2C[C@@H](O)CN2)cc1.Cl. The van der Waals surface area contributed by atoms with E-state index < -0.39 is 12.1 Å². The molecule has 0 unspecified atom stereocenters. The summed E-state index contributed by atoms with van der Waals surface area (Å²) < 4.78 is 19.3. The van der Waals surface area contributed by atoms with Crippen molar-refractivity contribution >= 4 is 18.3 Å². The minimum absolute atomic E-state index is 0. The van der Waals surface area contributed by atoms with Crippen LogP contribution in [0.2, 0.25) is 0 Å². The number of nitrogens with zero attached hydrogens (tertiary/aromatic N) is 1. The summed E-state index contributed by atoms with van der Waals surface area (Å²) in [5.41, 5.74) is 1.56. The predicted molar refractivity (Wildman–Crippen MR) is 108 cm³/mol. The minimum Gasteiger partial charge on any atom is -0.497 e. The zero-order chi connectivity index (χ0) is 19.2. The highest BCUT2D eigenvalue weighted by Crippen LogP contribution is 2.17. The molecule has 3 rings (SSSR count). The summed E-state index contributed by atoms with van der Waals surface area (Å²) in [6.07, 6.45) is 0.519. The number of halogens is 2. The highest BCUT2D eigenvalue weighted by molar-refractivity contribution is 5.85. The second-order valence-electron chi connectivity index (χ2n) is 6.80. The average Bonchev–Trinajstić information content (AvgIpc) is 3.12. The van der Waals surface area contributed by atoms with E-state index in [4.69, 9.17) is 4.74 Å². The van der Waals surface area contributed by atoms with Gasteiger partial charge < -0.3 is 20.1 Å². The molecule has 0 bridgehead atoms. The molecule has 2 aromatic carbocycles. The Labute approximate surface area is 170 Å². The Hall–Kier alpha value is -2.15. The van der Waals surface area contributed by atoms with Gasteiger partial charge in [-0.2, -0.15) is 0 Å². The number of hydrogen-bond donors (Lipinski definition) is 2. The van der Waals surface area contributed by atoms with Gasteiger partial charge in [0.2, 0.25) is 5.91 Å². The van der Waals surface area contributed by atoms with E-state index in [1.54, 1.807) is 30.2 Å². The van der Waals surface area contributed by atoms with Crippen molar-refractivity contribution in [2.24, 2.45) is 0 Å². The van der Waals surface area contributed by atoms with Gasteiger partial charge in [0.25, 0.3) is 0 Å². The van der Waals surface area contributed by atoms with Gasteiger partial charge >= 0.3 is 0 Å². The molecule has 28 heavy (non-hydrogen) atoms. The van der Waals surface area contributed by atoms with Crippen LogP contribution in [-0.2, 0) is 17.8 Å². The van der Waals surface area contributed by atoms with Crippen molar-refractivity contribution in [1.82, 2.24) is 10.2 Å². The van der Waals surface area contributed by atoms with E-state index in [-0.39, 0.29) is 30.7 Å². The van der Waals surface area contributed by atoms with Crippen LogP contribution in [0.1, 0.15) is 17.5 Å². The van der Waals surface area contributed by atoms with Crippen LogP contribution in [0.4, 0.5) is 4.39 Å². The van der Waals surface area contributed by atoms with E-state index in [1.165, 1.54) is 6.07 Å². The van der Waals surface area contributed by atoms with Crippen LogP contribution < -0.4 is 10.1 Å². The number of benzene rings is 2. The molecule has 0 spiro atoms. The second-order valence-corrected chi connectivity index (χ2v) is 6.80. The number of aliphatic hydroxyl groups excluding tert-OH is 1. The largest absolute Gasteiger partial charge is 0.497 e. The number of carbonyl (C=O) groups is 1. The van der Waals surface area contributed by atoms with Crippen molar-refractivity contribution in [2.45, 2.75) is 31.5 Å². The lowest BCUT2D eigenvalue weighted by Gasteiger charge is -2.26. The number of aliphatic hydroxyl groups is 1. The monoisotopic (exact) mass is 408 g/mol. The zero-order valence-electron chi connectivity index (χ0n) is 15.8. The third-order valence-corrected chi connectivity index (χ3v) is 4.87. The van der Waals surface area contributed by atoms with Gasteiger partial charge in [0, 0.05) is 25.2 Å². The molecule has 1 amide bonds. The quantitative estimate of drug-likeness (QED) is 0.739. The van der Waals surface area contributed by atoms with Gasteiger partial charge in [-0.05, 0) is 36.6 Å². The molecule has 1 aliphatic heterocycles. The van der Waals surface area contributed by atoms with Crippen molar-refractivity contribution in [2.75, 3.05) is 20.2 Å². The molecule has 1 saturated heterocycles. The number of amides is 1. The van der Waals surface area contributed by atoms with Crippen LogP contribution in [0.5, 0.6) is 5.75 Å². The molecule has 0 radical (unpaired) electrons. The van der Waals surface area contributed by atoms with Crippen molar-refractivity contribution in [3.63, 3.8) is 0 Å². The Morgan fingerprint density at radius 3 is 2.57 bits per heavy atom. The first-order valence-corrected chi connectivity index (χ1v) is 9.13. The maximum absolute atomic E-state index is 14.1. The number of hydrogen-bond acceptors (Lipinski definition) is 4. The smallest absolute Gasteiger partial charge is 0.240 e. The fourth-order valence-electron chi connectivity index (χ4n) is 3.28. The Morgan fingerprint density at radius 1 is 1.25 bits per heavy atom. The minimum atomic E-state index is -0.518. The topological polar surface area (TPSA) is 61.8 Å². The Kier molecular flexibility index (Phi) is 8.23. The molecule has 2 N–H and O–H groups in total. The summed E-state index contributed by atoms with van der Waals surface area (Å²) in [6.45, 7) is 1.08. The fourth-order valence-corrected chi connectivity index (χ4v) is 3.28. The second kappa shape index (κ2) is 10.4. The van der Waals surface area contributed by atoms with Crippen LogP contribution in [0.15, 0.2) is 48.5 Å². The van der Waals surface area contributed by atoms with Crippen LogP contribution in [0, 0.1) is 5.82 Å². The number of methoxy groups -OCH3 is 1. The molecule has 0 aliphatic carbocycles. The third kappa shape index (κ3) is 5.67. The first-order chi connectivity index (χ1) is 13.1. The van der Waals surface area contributed by atoms with Crippen LogP contribution in [-0.4, -0.2) is 48.3 Å². The van der Waals surface area contributed by atoms with Crippen molar-refractivity contribution < 1.29 is 19.0 Å². The van der Waals surface area contributed by atoms with E-state index in [0.29, 0.717) is 31.5 Å². The summed E-state index contributed by atoms with van der Waals surface area (Å²) in [5.74, 6) is 0.352. The third-order valence-electron chi connectivity index (χ3n) is 4.87. The molecule has 1 fully saturated rings. The van der Waals surface area contributed by atoms with Crippen LogP contribution in [0.25, 0.3) is 0 Å². The van der Waals surface area contributed by atoms with Gasteiger partial charge in [0.15, 0.2) is 0 Å². The zero-order valence-corrected chi connectivity index (χ0v) is 16.6. The Morgan fingerprint density at radius 2 is 1.96 bits per heavy atom. The van der Waals surface area contributed by atoms with E-state index in [2.05, 4.69) is 5.32 Å². The summed E-state index contributed by atoms with van der Waals surface area (Å²) in [5, 5.41) is 12.8. The van der Waals surface area contributed by atoms with Gasteiger partial charge in [0.1, 0.15) is 11.6 Å². The van der Waals surface area contributed by atoms with Crippen LogP contribution >= 0.6 is 12.4 Å². The van der Waals surface area contributed by atoms with Gasteiger partial charge in [0.05, 0.1) is 19.3 Å². The van der Waals surface area contributed by atoms with Crippen molar-refractivity contribution in [3.05, 3.63) is 65.5 Å². The maximum atomic E-state index is 14.1. The number of β-amino-alcohol motifs (C(OH)–C–C–N with tert-alkyl or cyclic N) is 1. The molecule has 0 saturated carbocycles. The summed E-state index contributed by atoms with van der Waals surface area (Å²) in [6, 6.07) is 13.8. The Balaban J connectivity index is 0.00000280. The molecule has 5 nitrogen and oxygen atoms in total. The van der Waals surface area contributed by atoms with E-state index in [0.717, 1.165) is 11.3 Å². The molecule has 2 aromatic rings. The first-order valence-electron chi connectivity index (χ1n) is 9.13. The van der Waals surface area contributed by atoms with E-state index in [9.17, 15) is 14.3 Å². The summed E-state index contributed by atoms with van der Waals surface area (Å²) in [7, 11) is 1.62. The molecule has 1 aliphatic rings. The van der Waals surface area contributed by atoms with Crippen molar-refractivity contribution in [1.29, 1.82) is 0 Å². The highest BCUT2D eigenvalue weighted by atomic mass is 35.5. The number of rotatable bonds is 7. The molecule has 7 heteroatoms. The normalized spacial score (nSPS) is 18.4. The average molecular weight is 409 g/mol. The molecular formula is C21H26ClFN2O3. The lowest BCUT2D eigenvalue weighted by Crippen LogP contribution is -2.44. The van der Waals surface area contributed by atoms with Gasteiger partial charge in [-0.1, -0.05) is 30.3 Å². The Bertz CT molecular complexity index is 773. The highest BCUT2D eigenvalue weighted by Gasteiger charge is 2.31. The maximum Gasteiger partial charge on any atom is 0.240 e. The summed E-state index contributed by atoms with van der Waals surface area (Å²) >= 11 is 0. The number of nitrogens with one attached hydrogen (secondary N) is 1. The van der Waals surface area contributed by atoms with Crippen LogP contribution in [0.3, 0.4) is 0 Å². The molecular weight excluding hydrogens is 383 g/mol. The van der Waals surface area contributed by atoms with E-state index in [1.807, 2.05) is 24.3 Å². The number of carbonyl (C=O) groups excluding carboxylic acids is 1. The standard InChI is InChI=1S/C21H25FN2O3.ClH/c1-27-18-8-6-15(7-9-18)10-11-24(14-16-4-2-3-5-19(16)22)21(26)20-12-17(25)13-23-20;/h2-9,17,20,23,25H,10-14H2,1H3;1H/t17-,20+;/m1./s1. The van der Waals surface area contributed by atoms with Gasteiger partial charge in [-0.15, -0.1) is 12.4 Å². The predicted octanol–water partition coefficient (Wildman–Crippen LogP) is 2.55. The molecule has 1 heterocycles. The van der Waals surface area contributed by atoms with Crippen molar-refractivity contribution in [3.8, 4) is 5.75 Å². The van der Waals surface area contributed by atoms with Gasteiger partial charge in [-0.3, -0.25) is 4.79 Å². The molecule has 152 valence electrons. The lowest BCUT2D eigenvalue weighted by molar-refractivity contribution is -0.133. The summed E-state index contributed by atoms with van der Waals surface area (Å²) in [4.78, 5) is 14.6. The van der Waals surface area contributed by atoms with Gasteiger partial charge in [-0.25, -0.2) is 4.39 Å².